The molecule has 0 spiro atoms. The third-order valence-electron chi connectivity index (χ3n) is 1.02. The van der Waals surface area contributed by atoms with Crippen LogP contribution in [0.3, 0.4) is 0 Å². The van der Waals surface area contributed by atoms with Gasteiger partial charge in [-0.2, -0.15) is 0 Å². The number of nitrogens with zero attached hydrogens (tertiary/aromatic N) is 1. The Morgan fingerprint density at radius 1 is 2.00 bits per heavy atom. The molecule has 4 heteroatoms. The number of nitrogens with two attached hydrogens (primary N) is 1. The monoisotopic (exact) mass is 116 g/mol. The van der Waals surface area contributed by atoms with Gasteiger partial charge in [0.15, 0.2) is 6.23 Å². The molecule has 1 amide bonds. The average molecular weight is 116 g/mol. The zero-order valence-electron chi connectivity index (χ0n) is 4.63. The fourth-order valence-corrected chi connectivity index (χ4v) is 0.601. The summed E-state index contributed by atoms with van der Waals surface area (Å²) in [6.45, 7) is 0.499. The number of ether oxygens (including phenoxy) is 1. The number of cyclic esters (lactones) is 1. The fourth-order valence-electron chi connectivity index (χ4n) is 0.601. The van der Waals surface area contributed by atoms with Gasteiger partial charge in [-0.15, -0.1) is 0 Å². The molecule has 1 atom stereocenters. The molecule has 1 aliphatic heterocycles. The van der Waals surface area contributed by atoms with Crippen molar-refractivity contribution in [3.63, 3.8) is 0 Å². The summed E-state index contributed by atoms with van der Waals surface area (Å²) in [6.07, 6.45) is -0.759. The Kier molecular flexibility index (Phi) is 1.09. The summed E-state index contributed by atoms with van der Waals surface area (Å²) in [5, 5.41) is 0. The molecule has 1 unspecified atom stereocenters. The first-order valence-electron chi connectivity index (χ1n) is 2.37. The van der Waals surface area contributed by atoms with Crippen LogP contribution >= 0.6 is 0 Å². The van der Waals surface area contributed by atoms with E-state index < -0.39 is 6.23 Å². The summed E-state index contributed by atoms with van der Waals surface area (Å²) in [5.41, 5.74) is 5.23. The minimum atomic E-state index is -0.424. The van der Waals surface area contributed by atoms with Crippen LogP contribution in [0, 0.1) is 0 Å². The summed E-state index contributed by atoms with van der Waals surface area (Å²) in [7, 11) is 1.65. The molecule has 0 radical (unpaired) electrons. The van der Waals surface area contributed by atoms with Crippen LogP contribution in [-0.4, -0.2) is 30.8 Å². The van der Waals surface area contributed by atoms with Crippen molar-refractivity contribution in [1.82, 2.24) is 4.90 Å². The van der Waals surface area contributed by atoms with Gasteiger partial charge in [0.05, 0.1) is 6.54 Å². The van der Waals surface area contributed by atoms with Gasteiger partial charge < -0.3 is 9.64 Å². The topological polar surface area (TPSA) is 55.6 Å². The summed E-state index contributed by atoms with van der Waals surface area (Å²) < 4.78 is 4.54. The number of likely N-dealkylation sites (N-methyl/N-ethyl adjacent to an activating group) is 1. The number of hydrogen-bond acceptors (Lipinski definition) is 3. The maximum atomic E-state index is 10.4. The van der Waals surface area contributed by atoms with Crippen molar-refractivity contribution >= 4 is 6.09 Å². The Balaban J connectivity index is 2.51. The van der Waals surface area contributed by atoms with Crippen molar-refractivity contribution in [2.24, 2.45) is 5.73 Å². The van der Waals surface area contributed by atoms with Crippen LogP contribution in [0.2, 0.25) is 0 Å². The van der Waals surface area contributed by atoms with E-state index in [2.05, 4.69) is 4.74 Å². The van der Waals surface area contributed by atoms with Gasteiger partial charge in [0.1, 0.15) is 0 Å². The normalized spacial score (nSPS) is 28.5. The van der Waals surface area contributed by atoms with Crippen molar-refractivity contribution < 1.29 is 9.53 Å². The molecular weight excluding hydrogens is 108 g/mol. The molecule has 2 N–H and O–H groups in total. The highest BCUT2D eigenvalue weighted by Crippen LogP contribution is 2.02. The minimum Gasteiger partial charge on any atom is -0.429 e. The molecule has 8 heavy (non-hydrogen) atoms. The van der Waals surface area contributed by atoms with E-state index in [-0.39, 0.29) is 6.09 Å². The lowest BCUT2D eigenvalue weighted by molar-refractivity contribution is 0.137. The first-order valence-corrected chi connectivity index (χ1v) is 2.37. The molecule has 1 rings (SSSR count). The highest BCUT2D eigenvalue weighted by Gasteiger charge is 2.24. The second-order valence-corrected chi connectivity index (χ2v) is 1.80. The molecule has 0 aromatic heterocycles. The van der Waals surface area contributed by atoms with Crippen LogP contribution < -0.4 is 5.73 Å². The predicted octanol–water partition coefficient (Wildman–Crippen LogP) is -0.647. The van der Waals surface area contributed by atoms with Gasteiger partial charge in [0.2, 0.25) is 0 Å². The second kappa shape index (κ2) is 1.63. The molecule has 4 nitrogen and oxygen atoms in total. The van der Waals surface area contributed by atoms with Crippen LogP contribution in [0.4, 0.5) is 4.79 Å². The van der Waals surface area contributed by atoms with E-state index >= 15 is 0 Å². The first kappa shape index (κ1) is 5.37. The van der Waals surface area contributed by atoms with E-state index in [1.165, 1.54) is 4.90 Å². The Bertz CT molecular complexity index is 115. The highest BCUT2D eigenvalue weighted by molar-refractivity contribution is 5.69. The van der Waals surface area contributed by atoms with Crippen LogP contribution in [0.5, 0.6) is 0 Å². The smallest absolute Gasteiger partial charge is 0.411 e. The van der Waals surface area contributed by atoms with Crippen molar-refractivity contribution in [3.05, 3.63) is 0 Å². The maximum Gasteiger partial charge on any atom is 0.411 e. The van der Waals surface area contributed by atoms with E-state index in [4.69, 9.17) is 5.73 Å². The van der Waals surface area contributed by atoms with Gasteiger partial charge in [0.25, 0.3) is 0 Å². The molecule has 1 saturated heterocycles. The molecule has 46 valence electrons. The van der Waals surface area contributed by atoms with Gasteiger partial charge in [-0.3, -0.25) is 5.73 Å². The second-order valence-electron chi connectivity index (χ2n) is 1.80. The lowest BCUT2D eigenvalue weighted by atomic mass is 10.6. The number of rotatable bonds is 0. The van der Waals surface area contributed by atoms with Crippen molar-refractivity contribution in [3.8, 4) is 0 Å². The summed E-state index contributed by atoms with van der Waals surface area (Å²) in [5.74, 6) is 0. The van der Waals surface area contributed by atoms with Crippen LogP contribution in [0.25, 0.3) is 0 Å². The highest BCUT2D eigenvalue weighted by atomic mass is 16.6. The van der Waals surface area contributed by atoms with Gasteiger partial charge in [-0.1, -0.05) is 0 Å². The lowest BCUT2D eigenvalue weighted by Crippen LogP contribution is -2.24. The standard InChI is InChI=1S/C4H8N2O2/c1-6-2-3(5)8-4(6)7/h3H,2,5H2,1H3. The van der Waals surface area contributed by atoms with E-state index in [0.717, 1.165) is 0 Å². The van der Waals surface area contributed by atoms with Crippen molar-refractivity contribution in [2.45, 2.75) is 6.23 Å². The average Bonchev–Trinajstić information content (AvgIpc) is 1.85. The number of carbonyl (C=O) groups is 1. The Morgan fingerprint density at radius 3 is 2.75 bits per heavy atom. The zero-order valence-corrected chi connectivity index (χ0v) is 4.63. The van der Waals surface area contributed by atoms with Crippen LogP contribution in [-0.2, 0) is 4.74 Å². The minimum absolute atomic E-state index is 0.336. The summed E-state index contributed by atoms with van der Waals surface area (Å²) in [6, 6.07) is 0. The molecule has 0 aliphatic carbocycles. The zero-order chi connectivity index (χ0) is 6.15. The predicted molar refractivity (Wildman–Crippen MR) is 27.1 cm³/mol. The fraction of sp³-hybridized carbons (Fsp3) is 0.750. The molecule has 1 aliphatic rings. The molecule has 1 heterocycles. The Morgan fingerprint density at radius 2 is 2.62 bits per heavy atom. The molecule has 1 fully saturated rings. The Hall–Kier alpha value is -0.770. The summed E-state index contributed by atoms with van der Waals surface area (Å²) >= 11 is 0. The van der Waals surface area contributed by atoms with Gasteiger partial charge in [-0.05, 0) is 0 Å². The first-order chi connectivity index (χ1) is 3.70. The third-order valence-corrected chi connectivity index (χ3v) is 1.02. The number of amides is 1. The number of carbonyl (C=O) groups excluding carboxylic acids is 1. The van der Waals surface area contributed by atoms with Crippen LogP contribution in [0.15, 0.2) is 0 Å². The third kappa shape index (κ3) is 0.742. The molecular formula is C4H8N2O2. The Labute approximate surface area is 47.2 Å². The SMILES string of the molecule is CN1CC(N)OC1=O. The molecule has 0 saturated carbocycles. The van der Waals surface area contributed by atoms with Gasteiger partial charge in [-0.25, -0.2) is 4.79 Å². The lowest BCUT2D eigenvalue weighted by Gasteiger charge is -1.99. The summed E-state index contributed by atoms with van der Waals surface area (Å²) in [4.78, 5) is 11.8. The maximum absolute atomic E-state index is 10.4. The molecule has 0 bridgehead atoms. The van der Waals surface area contributed by atoms with E-state index in [1.807, 2.05) is 0 Å². The van der Waals surface area contributed by atoms with E-state index in [9.17, 15) is 4.79 Å². The van der Waals surface area contributed by atoms with Gasteiger partial charge >= 0.3 is 6.09 Å². The van der Waals surface area contributed by atoms with Crippen LogP contribution in [0.1, 0.15) is 0 Å². The molecule has 0 aromatic carbocycles. The number of hydrogen-bond donors (Lipinski definition) is 1. The molecule has 0 aromatic rings. The largest absolute Gasteiger partial charge is 0.429 e. The van der Waals surface area contributed by atoms with Crippen molar-refractivity contribution in [1.29, 1.82) is 0 Å². The van der Waals surface area contributed by atoms with E-state index in [1.54, 1.807) is 7.05 Å². The van der Waals surface area contributed by atoms with Crippen molar-refractivity contribution in [2.75, 3.05) is 13.6 Å². The van der Waals surface area contributed by atoms with E-state index in [0.29, 0.717) is 6.54 Å². The van der Waals surface area contributed by atoms with Gasteiger partial charge in [0, 0.05) is 7.05 Å². The quantitative estimate of drug-likeness (QED) is 0.457.